The van der Waals surface area contributed by atoms with Crippen molar-refractivity contribution in [2.75, 3.05) is 0 Å². The Morgan fingerprint density at radius 2 is 2.00 bits per heavy atom. The van der Waals surface area contributed by atoms with Crippen LogP contribution in [0, 0.1) is 0 Å². The summed E-state index contributed by atoms with van der Waals surface area (Å²) in [5, 5.41) is 0.308. The summed E-state index contributed by atoms with van der Waals surface area (Å²) in [7, 11) is 0. The maximum Gasteiger partial charge on any atom is 0.345 e. The van der Waals surface area contributed by atoms with Crippen molar-refractivity contribution >= 4 is 17.6 Å². The molecule has 4 nitrogen and oxygen atoms in total. The van der Waals surface area contributed by atoms with Crippen LogP contribution >= 0.6 is 11.6 Å². The lowest BCUT2D eigenvalue weighted by atomic mass is 10.2. The van der Waals surface area contributed by atoms with Gasteiger partial charge < -0.3 is 9.72 Å². The van der Waals surface area contributed by atoms with Crippen molar-refractivity contribution in [1.29, 1.82) is 0 Å². The Kier molecular flexibility index (Phi) is 3.25. The maximum absolute atomic E-state index is 11.7. The minimum absolute atomic E-state index is 0.179. The number of pyridine rings is 1. The molecule has 0 aliphatic heterocycles. The quantitative estimate of drug-likeness (QED) is 0.831. The SMILES string of the molecule is O=C(Oc1cc[nH]c(=O)c1)c1ccccc1Cl. The fourth-order valence-electron chi connectivity index (χ4n) is 1.28. The monoisotopic (exact) mass is 249 g/mol. The summed E-state index contributed by atoms with van der Waals surface area (Å²) in [5.41, 5.74) is -0.0797. The molecule has 86 valence electrons. The number of aromatic nitrogens is 1. The first kappa shape index (κ1) is 11.4. The summed E-state index contributed by atoms with van der Waals surface area (Å²) in [5.74, 6) is -0.417. The Morgan fingerprint density at radius 3 is 2.71 bits per heavy atom. The molecule has 0 amide bonds. The van der Waals surface area contributed by atoms with E-state index in [9.17, 15) is 9.59 Å². The lowest BCUT2D eigenvalue weighted by Gasteiger charge is -2.04. The van der Waals surface area contributed by atoms with Crippen LogP contribution in [0.2, 0.25) is 5.02 Å². The van der Waals surface area contributed by atoms with Crippen LogP contribution in [0.1, 0.15) is 10.4 Å². The second kappa shape index (κ2) is 4.84. The van der Waals surface area contributed by atoms with Crippen molar-refractivity contribution in [3.05, 3.63) is 63.5 Å². The normalized spacial score (nSPS) is 9.94. The van der Waals surface area contributed by atoms with Crippen LogP contribution in [-0.2, 0) is 0 Å². The third-order valence-corrected chi connectivity index (χ3v) is 2.38. The highest BCUT2D eigenvalue weighted by Gasteiger charge is 2.11. The summed E-state index contributed by atoms with van der Waals surface area (Å²) in [6.45, 7) is 0. The van der Waals surface area contributed by atoms with E-state index in [1.165, 1.54) is 18.3 Å². The molecule has 0 radical (unpaired) electrons. The molecule has 0 saturated carbocycles. The van der Waals surface area contributed by atoms with Gasteiger partial charge in [0.15, 0.2) is 0 Å². The number of carbonyl (C=O) groups excluding carboxylic acids is 1. The number of benzene rings is 1. The minimum atomic E-state index is -0.596. The smallest absolute Gasteiger partial charge is 0.345 e. The third kappa shape index (κ3) is 2.73. The number of esters is 1. The van der Waals surface area contributed by atoms with Crippen LogP contribution in [0.15, 0.2) is 47.4 Å². The predicted molar refractivity (Wildman–Crippen MR) is 63.5 cm³/mol. The van der Waals surface area contributed by atoms with E-state index in [0.717, 1.165) is 0 Å². The lowest BCUT2D eigenvalue weighted by molar-refractivity contribution is 0.0734. The van der Waals surface area contributed by atoms with Crippen LogP contribution in [-0.4, -0.2) is 11.0 Å². The highest BCUT2D eigenvalue weighted by Crippen LogP contribution is 2.17. The van der Waals surface area contributed by atoms with Crippen molar-refractivity contribution in [2.24, 2.45) is 0 Å². The van der Waals surface area contributed by atoms with Crippen LogP contribution in [0.5, 0.6) is 5.75 Å². The fraction of sp³-hybridized carbons (Fsp3) is 0. The van der Waals surface area contributed by atoms with Gasteiger partial charge in [0.2, 0.25) is 0 Å². The molecule has 1 aromatic carbocycles. The second-order valence-corrected chi connectivity index (χ2v) is 3.67. The van der Waals surface area contributed by atoms with Gasteiger partial charge >= 0.3 is 5.97 Å². The van der Waals surface area contributed by atoms with E-state index in [0.29, 0.717) is 5.02 Å². The Morgan fingerprint density at radius 1 is 1.24 bits per heavy atom. The van der Waals surface area contributed by atoms with E-state index in [1.807, 2.05) is 0 Å². The van der Waals surface area contributed by atoms with E-state index < -0.39 is 5.97 Å². The summed E-state index contributed by atoms with van der Waals surface area (Å²) < 4.78 is 5.02. The number of nitrogens with one attached hydrogen (secondary N) is 1. The van der Waals surface area contributed by atoms with Crippen molar-refractivity contribution in [3.8, 4) is 5.75 Å². The molecule has 17 heavy (non-hydrogen) atoms. The molecule has 0 aliphatic rings. The molecular formula is C12H8ClNO3. The van der Waals surface area contributed by atoms with Gasteiger partial charge in [-0.05, 0) is 18.2 Å². The molecule has 1 heterocycles. The van der Waals surface area contributed by atoms with E-state index in [1.54, 1.807) is 24.3 Å². The topological polar surface area (TPSA) is 59.2 Å². The summed E-state index contributed by atoms with van der Waals surface area (Å²) >= 11 is 5.85. The Bertz CT molecular complexity index is 606. The molecule has 5 heteroatoms. The summed E-state index contributed by atoms with van der Waals surface area (Å²) in [6.07, 6.45) is 1.40. The summed E-state index contributed by atoms with van der Waals surface area (Å²) in [4.78, 5) is 25.2. The molecule has 1 aromatic heterocycles. The van der Waals surface area contributed by atoms with Crippen molar-refractivity contribution in [2.45, 2.75) is 0 Å². The molecule has 2 aromatic rings. The Hall–Kier alpha value is -2.07. The molecule has 0 fully saturated rings. The van der Waals surface area contributed by atoms with Crippen LogP contribution < -0.4 is 10.3 Å². The zero-order valence-electron chi connectivity index (χ0n) is 8.64. The Balaban J connectivity index is 2.23. The number of rotatable bonds is 2. The first-order valence-electron chi connectivity index (χ1n) is 4.82. The van der Waals surface area contributed by atoms with Crippen molar-refractivity contribution < 1.29 is 9.53 Å². The number of carbonyl (C=O) groups is 1. The number of hydrogen-bond donors (Lipinski definition) is 1. The molecule has 2 rings (SSSR count). The average Bonchev–Trinajstić information content (AvgIpc) is 2.29. The number of H-pyrrole nitrogens is 1. The van der Waals surface area contributed by atoms with Gasteiger partial charge in [0.1, 0.15) is 5.75 Å². The van der Waals surface area contributed by atoms with Crippen LogP contribution in [0.3, 0.4) is 0 Å². The van der Waals surface area contributed by atoms with Crippen LogP contribution in [0.25, 0.3) is 0 Å². The van der Waals surface area contributed by atoms with E-state index in [2.05, 4.69) is 4.98 Å². The van der Waals surface area contributed by atoms with Gasteiger partial charge in [-0.3, -0.25) is 4.79 Å². The molecule has 0 spiro atoms. The van der Waals surface area contributed by atoms with Crippen molar-refractivity contribution in [1.82, 2.24) is 4.98 Å². The third-order valence-electron chi connectivity index (χ3n) is 2.05. The number of aromatic amines is 1. The number of halogens is 1. The second-order valence-electron chi connectivity index (χ2n) is 3.26. The molecule has 0 bridgehead atoms. The van der Waals surface area contributed by atoms with Gasteiger partial charge in [-0.2, -0.15) is 0 Å². The molecule has 0 atom stereocenters. The molecule has 0 saturated heterocycles. The predicted octanol–water partition coefficient (Wildman–Crippen LogP) is 2.25. The largest absolute Gasteiger partial charge is 0.423 e. The molecule has 0 aliphatic carbocycles. The van der Waals surface area contributed by atoms with Gasteiger partial charge in [-0.15, -0.1) is 0 Å². The highest BCUT2D eigenvalue weighted by atomic mass is 35.5. The molecule has 1 N–H and O–H groups in total. The first-order chi connectivity index (χ1) is 8.16. The van der Waals surface area contributed by atoms with Gasteiger partial charge in [-0.1, -0.05) is 23.7 Å². The van der Waals surface area contributed by atoms with Gasteiger partial charge in [0, 0.05) is 12.3 Å². The van der Waals surface area contributed by atoms with Gasteiger partial charge in [0.25, 0.3) is 5.56 Å². The maximum atomic E-state index is 11.7. The standard InChI is InChI=1S/C12H8ClNO3/c13-10-4-2-1-3-9(10)12(16)17-8-5-6-14-11(15)7-8/h1-7H,(H,14,15). The zero-order chi connectivity index (χ0) is 12.3. The van der Waals surface area contributed by atoms with E-state index in [4.69, 9.17) is 16.3 Å². The Labute approximate surface area is 102 Å². The van der Waals surface area contributed by atoms with E-state index >= 15 is 0 Å². The highest BCUT2D eigenvalue weighted by molar-refractivity contribution is 6.33. The lowest BCUT2D eigenvalue weighted by Crippen LogP contribution is -2.11. The fourth-order valence-corrected chi connectivity index (χ4v) is 1.49. The van der Waals surface area contributed by atoms with Crippen molar-refractivity contribution in [3.63, 3.8) is 0 Å². The first-order valence-corrected chi connectivity index (χ1v) is 5.20. The summed E-state index contributed by atoms with van der Waals surface area (Å²) in [6, 6.07) is 9.21. The zero-order valence-corrected chi connectivity index (χ0v) is 9.40. The number of ether oxygens (including phenoxy) is 1. The molecular weight excluding hydrogens is 242 g/mol. The molecule has 0 unspecified atom stereocenters. The minimum Gasteiger partial charge on any atom is -0.423 e. The average molecular weight is 250 g/mol. The van der Waals surface area contributed by atoms with Crippen LogP contribution in [0.4, 0.5) is 0 Å². The van der Waals surface area contributed by atoms with E-state index in [-0.39, 0.29) is 16.9 Å². The number of hydrogen-bond acceptors (Lipinski definition) is 3. The van der Waals surface area contributed by atoms with Gasteiger partial charge in [-0.25, -0.2) is 4.79 Å². The van der Waals surface area contributed by atoms with Gasteiger partial charge in [0.05, 0.1) is 10.6 Å².